The summed E-state index contributed by atoms with van der Waals surface area (Å²) in [7, 11) is 0. The fourth-order valence-electron chi connectivity index (χ4n) is 10.5. The quantitative estimate of drug-likeness (QED) is 0.0261. The van der Waals surface area contributed by atoms with Crippen molar-refractivity contribution in [1.29, 1.82) is 0 Å². The van der Waals surface area contributed by atoms with Gasteiger partial charge < -0.3 is 14.2 Å². The maximum Gasteiger partial charge on any atom is 0.306 e. The van der Waals surface area contributed by atoms with Crippen LogP contribution in [-0.4, -0.2) is 37.2 Å². The molecule has 0 spiro atoms. The molecule has 74 heavy (non-hydrogen) atoms. The largest absolute Gasteiger partial charge is 0.462 e. The van der Waals surface area contributed by atoms with Gasteiger partial charge in [0, 0.05) is 19.3 Å². The second-order valence-corrected chi connectivity index (χ2v) is 23.1. The van der Waals surface area contributed by atoms with Gasteiger partial charge in [0.15, 0.2) is 6.10 Å². The molecule has 0 saturated carbocycles. The van der Waals surface area contributed by atoms with Gasteiger partial charge in [-0.05, 0) is 38.5 Å². The van der Waals surface area contributed by atoms with Crippen LogP contribution in [0.4, 0.5) is 0 Å². The Morgan fingerprint density at radius 1 is 0.257 bits per heavy atom. The molecule has 0 aromatic heterocycles. The monoisotopic (exact) mass is 1040 g/mol. The summed E-state index contributed by atoms with van der Waals surface area (Å²) in [6, 6.07) is 0. The highest BCUT2D eigenvalue weighted by atomic mass is 16.6. The van der Waals surface area contributed by atoms with Gasteiger partial charge in [-0.25, -0.2) is 0 Å². The van der Waals surface area contributed by atoms with Gasteiger partial charge in [0.25, 0.3) is 0 Å². The highest BCUT2D eigenvalue weighted by Gasteiger charge is 2.19. The molecule has 0 aromatic carbocycles. The van der Waals surface area contributed by atoms with E-state index >= 15 is 0 Å². The molecule has 1 unspecified atom stereocenters. The minimum absolute atomic E-state index is 0.0662. The second-order valence-electron chi connectivity index (χ2n) is 23.1. The molecular formula is C68H130O6. The van der Waals surface area contributed by atoms with E-state index in [1.807, 2.05) is 0 Å². The molecule has 0 heterocycles. The van der Waals surface area contributed by atoms with Crippen LogP contribution in [0.15, 0.2) is 12.2 Å². The van der Waals surface area contributed by atoms with E-state index in [2.05, 4.69) is 32.9 Å². The van der Waals surface area contributed by atoms with Crippen molar-refractivity contribution in [1.82, 2.24) is 0 Å². The van der Waals surface area contributed by atoms with Crippen LogP contribution in [0.2, 0.25) is 0 Å². The molecule has 438 valence electrons. The first-order valence-corrected chi connectivity index (χ1v) is 33.7. The molecule has 0 aliphatic carbocycles. The number of unbranched alkanes of at least 4 members (excludes halogenated alkanes) is 50. The lowest BCUT2D eigenvalue weighted by molar-refractivity contribution is -0.167. The van der Waals surface area contributed by atoms with Gasteiger partial charge in [-0.1, -0.05) is 341 Å². The molecule has 0 N–H and O–H groups in total. The van der Waals surface area contributed by atoms with Crippen molar-refractivity contribution < 1.29 is 28.6 Å². The lowest BCUT2D eigenvalue weighted by atomic mass is 10.0. The fourth-order valence-corrected chi connectivity index (χ4v) is 10.5. The predicted molar refractivity (Wildman–Crippen MR) is 321 cm³/mol. The maximum atomic E-state index is 12.9. The van der Waals surface area contributed by atoms with Crippen LogP contribution in [0.3, 0.4) is 0 Å². The van der Waals surface area contributed by atoms with Gasteiger partial charge in [0.05, 0.1) is 0 Å². The molecule has 0 aliphatic rings. The zero-order valence-corrected chi connectivity index (χ0v) is 50.4. The first kappa shape index (κ1) is 72.2. The molecule has 1 atom stereocenters. The molecule has 0 fully saturated rings. The van der Waals surface area contributed by atoms with Crippen molar-refractivity contribution in [3.05, 3.63) is 12.2 Å². The summed E-state index contributed by atoms with van der Waals surface area (Å²) < 4.78 is 16.9. The van der Waals surface area contributed by atoms with E-state index in [1.165, 1.54) is 276 Å². The first-order valence-electron chi connectivity index (χ1n) is 33.7. The molecule has 0 radical (unpaired) electrons. The van der Waals surface area contributed by atoms with E-state index in [9.17, 15) is 14.4 Å². The number of hydrogen-bond acceptors (Lipinski definition) is 6. The van der Waals surface area contributed by atoms with E-state index in [0.29, 0.717) is 19.3 Å². The highest BCUT2D eigenvalue weighted by Crippen LogP contribution is 2.19. The molecular weight excluding hydrogens is 913 g/mol. The molecule has 0 aromatic rings. The summed E-state index contributed by atoms with van der Waals surface area (Å²) >= 11 is 0. The van der Waals surface area contributed by atoms with Gasteiger partial charge in [0.2, 0.25) is 0 Å². The average Bonchev–Trinajstić information content (AvgIpc) is 3.40. The van der Waals surface area contributed by atoms with Crippen molar-refractivity contribution in [2.75, 3.05) is 13.2 Å². The van der Waals surface area contributed by atoms with Crippen LogP contribution < -0.4 is 0 Å². The van der Waals surface area contributed by atoms with Gasteiger partial charge in [-0.15, -0.1) is 0 Å². The third kappa shape index (κ3) is 61.0. The maximum absolute atomic E-state index is 12.9. The molecule has 0 aliphatic heterocycles. The van der Waals surface area contributed by atoms with Gasteiger partial charge >= 0.3 is 17.9 Å². The lowest BCUT2D eigenvalue weighted by Gasteiger charge is -2.18. The summed E-state index contributed by atoms with van der Waals surface area (Å²) in [5, 5.41) is 0. The normalized spacial score (nSPS) is 12.0. The molecule has 6 nitrogen and oxygen atoms in total. The second kappa shape index (κ2) is 63.7. The van der Waals surface area contributed by atoms with E-state index in [1.54, 1.807) is 0 Å². The first-order chi connectivity index (χ1) is 36.5. The van der Waals surface area contributed by atoms with Crippen molar-refractivity contribution in [2.24, 2.45) is 0 Å². The van der Waals surface area contributed by atoms with Crippen LogP contribution in [0.5, 0.6) is 0 Å². The smallest absolute Gasteiger partial charge is 0.306 e. The molecule has 0 saturated heterocycles. The third-order valence-electron chi connectivity index (χ3n) is 15.5. The van der Waals surface area contributed by atoms with Crippen molar-refractivity contribution in [2.45, 2.75) is 393 Å². The average molecular weight is 1040 g/mol. The molecule has 0 bridgehead atoms. The van der Waals surface area contributed by atoms with Crippen LogP contribution >= 0.6 is 0 Å². The number of allylic oxidation sites excluding steroid dienone is 2. The topological polar surface area (TPSA) is 78.9 Å². The van der Waals surface area contributed by atoms with E-state index in [0.717, 1.165) is 70.6 Å². The fraction of sp³-hybridized carbons (Fsp3) is 0.926. The van der Waals surface area contributed by atoms with Gasteiger partial charge in [-0.3, -0.25) is 14.4 Å². The van der Waals surface area contributed by atoms with Crippen molar-refractivity contribution >= 4 is 17.9 Å². The van der Waals surface area contributed by atoms with Crippen molar-refractivity contribution in [3.63, 3.8) is 0 Å². The zero-order chi connectivity index (χ0) is 53.6. The Hall–Kier alpha value is -1.85. The molecule has 0 rings (SSSR count). The minimum atomic E-state index is -0.768. The Morgan fingerprint density at radius 3 is 0.730 bits per heavy atom. The Balaban J connectivity index is 4.13. The Bertz CT molecular complexity index is 1150. The third-order valence-corrected chi connectivity index (χ3v) is 15.5. The highest BCUT2D eigenvalue weighted by molar-refractivity contribution is 5.71. The van der Waals surface area contributed by atoms with Crippen LogP contribution in [0, 0.1) is 0 Å². The number of hydrogen-bond donors (Lipinski definition) is 0. The van der Waals surface area contributed by atoms with Crippen LogP contribution in [-0.2, 0) is 28.6 Å². The number of ether oxygens (including phenoxy) is 3. The Kier molecular flexibility index (Phi) is 62.1. The summed E-state index contributed by atoms with van der Waals surface area (Å²) in [4.78, 5) is 38.2. The zero-order valence-electron chi connectivity index (χ0n) is 50.4. The van der Waals surface area contributed by atoms with Crippen molar-refractivity contribution in [3.8, 4) is 0 Å². The molecule has 6 heteroatoms. The van der Waals surface area contributed by atoms with E-state index in [-0.39, 0.29) is 31.1 Å². The number of rotatable bonds is 63. The number of carbonyl (C=O) groups excluding carboxylic acids is 3. The summed E-state index contributed by atoms with van der Waals surface area (Å²) in [6.07, 6.45) is 75.4. The standard InChI is InChI=1S/C68H130O6/c1-4-7-10-13-16-19-22-24-26-28-30-32-33-34-35-37-38-40-42-44-46-49-52-55-58-61-67(70)73-64-65(63-72-66(69)60-57-54-51-48-21-18-15-12-9-6-3)74-68(71)62-59-56-53-50-47-45-43-41-39-36-31-29-27-25-23-20-17-14-11-8-5-2/h12,15,65H,4-11,13-14,16-64H2,1-3H3/b15-12-. The number of esters is 3. The lowest BCUT2D eigenvalue weighted by Crippen LogP contribution is -2.30. The summed E-state index contributed by atoms with van der Waals surface area (Å²) in [6.45, 7) is 6.66. The SMILES string of the molecule is CCC/C=C\CCCCCCCC(=O)OCC(COC(=O)CCCCCCCCCCCCCCCCCCCCCCCCCCC)OC(=O)CCCCCCCCCCCCCCCCCCCCCCC. The van der Waals surface area contributed by atoms with E-state index in [4.69, 9.17) is 14.2 Å². The summed E-state index contributed by atoms with van der Waals surface area (Å²) in [5.74, 6) is -0.846. The predicted octanol–water partition coefficient (Wildman–Crippen LogP) is 22.8. The molecule has 0 amide bonds. The van der Waals surface area contributed by atoms with Crippen LogP contribution in [0.1, 0.15) is 387 Å². The van der Waals surface area contributed by atoms with Crippen LogP contribution in [0.25, 0.3) is 0 Å². The van der Waals surface area contributed by atoms with Gasteiger partial charge in [0.1, 0.15) is 13.2 Å². The van der Waals surface area contributed by atoms with E-state index < -0.39 is 6.10 Å². The number of carbonyl (C=O) groups is 3. The van der Waals surface area contributed by atoms with Gasteiger partial charge in [-0.2, -0.15) is 0 Å². The Morgan fingerprint density at radius 2 is 0.473 bits per heavy atom. The minimum Gasteiger partial charge on any atom is -0.462 e. The summed E-state index contributed by atoms with van der Waals surface area (Å²) in [5.41, 5.74) is 0. The Labute approximate surface area is 462 Å².